The molecule has 6 nitrogen and oxygen atoms in total. The summed E-state index contributed by atoms with van der Waals surface area (Å²) in [5, 5.41) is 21.3. The number of primary amides is 1. The van der Waals surface area contributed by atoms with Crippen LogP contribution in [-0.2, 0) is 5.41 Å². The molecule has 2 aromatic rings. The van der Waals surface area contributed by atoms with Crippen LogP contribution in [0.2, 0.25) is 0 Å². The predicted molar refractivity (Wildman–Crippen MR) is 87.4 cm³/mol. The van der Waals surface area contributed by atoms with Crippen molar-refractivity contribution in [3.8, 4) is 16.9 Å². The lowest BCUT2D eigenvalue weighted by Crippen LogP contribution is -2.12. The third-order valence-corrected chi connectivity index (χ3v) is 3.66. The summed E-state index contributed by atoms with van der Waals surface area (Å²) >= 11 is 0. The average molecular weight is 314 g/mol. The fourth-order valence-corrected chi connectivity index (χ4v) is 2.35. The Morgan fingerprint density at radius 1 is 1.13 bits per heavy atom. The van der Waals surface area contributed by atoms with Crippen molar-refractivity contribution in [3.63, 3.8) is 0 Å². The molecular weight excluding hydrogens is 296 g/mol. The molecule has 0 saturated carbocycles. The SMILES string of the molecule is CC(C)(C)c1ccc(-c2ccc(C(N)=O)c(O)c2[N+](=O)[O-])cc1. The van der Waals surface area contributed by atoms with E-state index in [1.54, 1.807) is 12.1 Å². The van der Waals surface area contributed by atoms with Gasteiger partial charge in [-0.25, -0.2) is 0 Å². The van der Waals surface area contributed by atoms with E-state index in [1.165, 1.54) is 12.1 Å². The molecule has 1 amide bonds. The van der Waals surface area contributed by atoms with Gasteiger partial charge in [0.15, 0.2) is 0 Å². The molecule has 23 heavy (non-hydrogen) atoms. The van der Waals surface area contributed by atoms with Gasteiger partial charge in [-0.05, 0) is 28.7 Å². The zero-order valence-corrected chi connectivity index (χ0v) is 13.2. The van der Waals surface area contributed by atoms with Crippen molar-refractivity contribution in [2.75, 3.05) is 0 Å². The number of nitrogens with two attached hydrogens (primary N) is 1. The number of amides is 1. The smallest absolute Gasteiger partial charge is 0.319 e. The molecule has 0 saturated heterocycles. The van der Waals surface area contributed by atoms with Crippen LogP contribution in [0.15, 0.2) is 36.4 Å². The maximum atomic E-state index is 11.3. The van der Waals surface area contributed by atoms with Gasteiger partial charge in [0, 0.05) is 0 Å². The number of hydrogen-bond donors (Lipinski definition) is 2. The van der Waals surface area contributed by atoms with E-state index in [0.29, 0.717) is 5.56 Å². The molecule has 0 aliphatic rings. The van der Waals surface area contributed by atoms with E-state index in [-0.39, 0.29) is 16.5 Å². The molecule has 0 bridgehead atoms. The highest BCUT2D eigenvalue weighted by molar-refractivity contribution is 5.98. The number of nitro benzene ring substituents is 1. The summed E-state index contributed by atoms with van der Waals surface area (Å²) in [6.45, 7) is 6.20. The number of aromatic hydroxyl groups is 1. The summed E-state index contributed by atoms with van der Waals surface area (Å²) in [6, 6.07) is 10.00. The molecule has 0 heterocycles. The van der Waals surface area contributed by atoms with Crippen LogP contribution in [0.1, 0.15) is 36.7 Å². The van der Waals surface area contributed by atoms with Crippen LogP contribution < -0.4 is 5.73 Å². The van der Waals surface area contributed by atoms with Gasteiger partial charge in [0.25, 0.3) is 5.91 Å². The second-order valence-electron chi connectivity index (χ2n) is 6.31. The van der Waals surface area contributed by atoms with Crippen LogP contribution in [0.25, 0.3) is 11.1 Å². The summed E-state index contributed by atoms with van der Waals surface area (Å²) in [4.78, 5) is 21.8. The lowest BCUT2D eigenvalue weighted by atomic mass is 9.86. The quantitative estimate of drug-likeness (QED) is 0.669. The van der Waals surface area contributed by atoms with Crippen LogP contribution >= 0.6 is 0 Å². The summed E-state index contributed by atoms with van der Waals surface area (Å²) in [6.07, 6.45) is 0. The number of nitrogens with zero attached hydrogens (tertiary/aromatic N) is 1. The highest BCUT2D eigenvalue weighted by Crippen LogP contribution is 2.39. The maximum absolute atomic E-state index is 11.3. The topological polar surface area (TPSA) is 106 Å². The minimum absolute atomic E-state index is 0.0393. The summed E-state index contributed by atoms with van der Waals surface area (Å²) in [5.41, 5.74) is 6.18. The highest BCUT2D eigenvalue weighted by Gasteiger charge is 2.26. The molecule has 0 aromatic heterocycles. The van der Waals surface area contributed by atoms with Crippen molar-refractivity contribution in [2.45, 2.75) is 26.2 Å². The molecule has 0 radical (unpaired) electrons. The van der Waals surface area contributed by atoms with Gasteiger partial charge in [0.1, 0.15) is 0 Å². The Morgan fingerprint density at radius 3 is 2.13 bits per heavy atom. The lowest BCUT2D eigenvalue weighted by Gasteiger charge is -2.19. The third kappa shape index (κ3) is 3.15. The Balaban J connectivity index is 2.62. The van der Waals surface area contributed by atoms with Crippen molar-refractivity contribution in [1.82, 2.24) is 0 Å². The first kappa shape index (κ1) is 16.5. The number of phenols is 1. The normalized spacial score (nSPS) is 11.3. The van der Waals surface area contributed by atoms with Crippen LogP contribution in [0.3, 0.4) is 0 Å². The fourth-order valence-electron chi connectivity index (χ4n) is 2.35. The van der Waals surface area contributed by atoms with Crippen molar-refractivity contribution < 1.29 is 14.8 Å². The van der Waals surface area contributed by atoms with Gasteiger partial charge in [-0.2, -0.15) is 0 Å². The van der Waals surface area contributed by atoms with Crippen molar-refractivity contribution in [3.05, 3.63) is 57.6 Å². The molecule has 0 aliphatic heterocycles. The number of carbonyl (C=O) groups is 1. The van der Waals surface area contributed by atoms with Crippen LogP contribution in [0, 0.1) is 10.1 Å². The molecule has 2 rings (SSSR count). The first-order valence-corrected chi connectivity index (χ1v) is 7.04. The Morgan fingerprint density at radius 2 is 1.70 bits per heavy atom. The zero-order chi connectivity index (χ0) is 17.4. The first-order valence-electron chi connectivity index (χ1n) is 7.04. The van der Waals surface area contributed by atoms with Crippen LogP contribution in [0.5, 0.6) is 5.75 Å². The largest absolute Gasteiger partial charge is 0.502 e. The standard InChI is InChI=1S/C17H18N2O4/c1-17(2,3)11-6-4-10(5-7-11)12-8-9-13(16(18)21)15(20)14(12)19(22)23/h4-9,20H,1-3H3,(H2,18,21). The van der Waals surface area contributed by atoms with Gasteiger partial charge in [-0.1, -0.05) is 45.0 Å². The lowest BCUT2D eigenvalue weighted by molar-refractivity contribution is -0.385. The van der Waals surface area contributed by atoms with Crippen LogP contribution in [-0.4, -0.2) is 15.9 Å². The van der Waals surface area contributed by atoms with Gasteiger partial charge in [-0.3, -0.25) is 14.9 Å². The van der Waals surface area contributed by atoms with Gasteiger partial charge < -0.3 is 10.8 Å². The summed E-state index contributed by atoms with van der Waals surface area (Å²) in [5.74, 6) is -1.62. The van der Waals surface area contributed by atoms with E-state index in [1.807, 2.05) is 12.1 Å². The van der Waals surface area contributed by atoms with E-state index in [2.05, 4.69) is 20.8 Å². The van der Waals surface area contributed by atoms with Crippen LogP contribution in [0.4, 0.5) is 5.69 Å². The summed E-state index contributed by atoms with van der Waals surface area (Å²) in [7, 11) is 0. The van der Waals surface area contributed by atoms with E-state index in [4.69, 9.17) is 5.73 Å². The highest BCUT2D eigenvalue weighted by atomic mass is 16.6. The fraction of sp³-hybridized carbons (Fsp3) is 0.235. The predicted octanol–water partition coefficient (Wildman–Crippen LogP) is 3.36. The number of benzene rings is 2. The second-order valence-corrected chi connectivity index (χ2v) is 6.31. The molecule has 3 N–H and O–H groups in total. The number of rotatable bonds is 3. The zero-order valence-electron chi connectivity index (χ0n) is 13.2. The molecule has 0 atom stereocenters. The Hall–Kier alpha value is -2.89. The number of hydrogen-bond acceptors (Lipinski definition) is 4. The molecule has 2 aromatic carbocycles. The Bertz CT molecular complexity index is 774. The molecule has 0 spiro atoms. The van der Waals surface area contributed by atoms with E-state index < -0.39 is 22.3 Å². The molecule has 120 valence electrons. The maximum Gasteiger partial charge on any atom is 0.319 e. The molecule has 0 unspecified atom stereocenters. The molecule has 0 aliphatic carbocycles. The first-order chi connectivity index (χ1) is 10.6. The minimum atomic E-state index is -0.916. The minimum Gasteiger partial charge on any atom is -0.502 e. The Kier molecular flexibility index (Phi) is 4.10. The third-order valence-electron chi connectivity index (χ3n) is 3.66. The van der Waals surface area contributed by atoms with Gasteiger partial charge in [0.05, 0.1) is 16.1 Å². The summed E-state index contributed by atoms with van der Waals surface area (Å²) < 4.78 is 0. The molecule has 0 fully saturated rings. The van der Waals surface area contributed by atoms with E-state index in [0.717, 1.165) is 5.56 Å². The van der Waals surface area contributed by atoms with E-state index in [9.17, 15) is 20.0 Å². The van der Waals surface area contributed by atoms with Crippen molar-refractivity contribution in [1.29, 1.82) is 0 Å². The molecule has 6 heteroatoms. The molecular formula is C17H18N2O4. The van der Waals surface area contributed by atoms with Gasteiger partial charge in [0.2, 0.25) is 5.75 Å². The van der Waals surface area contributed by atoms with Gasteiger partial charge in [-0.15, -0.1) is 0 Å². The number of carbonyl (C=O) groups excluding carboxylic acids is 1. The number of nitro groups is 1. The second kappa shape index (κ2) is 5.72. The van der Waals surface area contributed by atoms with Crippen molar-refractivity contribution >= 4 is 11.6 Å². The van der Waals surface area contributed by atoms with Gasteiger partial charge >= 0.3 is 5.69 Å². The van der Waals surface area contributed by atoms with E-state index >= 15 is 0 Å². The monoisotopic (exact) mass is 314 g/mol. The average Bonchev–Trinajstić information content (AvgIpc) is 2.45. The van der Waals surface area contributed by atoms with Crippen molar-refractivity contribution in [2.24, 2.45) is 5.73 Å². The Labute approximate surface area is 133 Å².